The van der Waals surface area contributed by atoms with Crippen LogP contribution in [0.5, 0.6) is 0 Å². The van der Waals surface area contributed by atoms with Crippen LogP contribution in [0.15, 0.2) is 47.4 Å². The molecule has 0 radical (unpaired) electrons. The number of nitrogens with zero attached hydrogens (tertiary/aromatic N) is 3. The molecule has 38 heavy (non-hydrogen) atoms. The summed E-state index contributed by atoms with van der Waals surface area (Å²) in [4.78, 5) is 19.6. The monoisotopic (exact) mass is 568 g/mol. The number of carbonyl (C=O) groups is 1. The smallest absolute Gasteiger partial charge is 0.382 e. The maximum Gasteiger partial charge on any atom is 0.446 e. The maximum atomic E-state index is 12.8. The first-order chi connectivity index (χ1) is 18.2. The highest BCUT2D eigenvalue weighted by atomic mass is 35.5. The number of hydrogen-bond donors (Lipinski definition) is 1. The van der Waals surface area contributed by atoms with Crippen molar-refractivity contribution in [2.45, 2.75) is 55.5 Å². The van der Waals surface area contributed by atoms with Gasteiger partial charge in [-0.2, -0.15) is 13.2 Å². The second-order valence-corrected chi connectivity index (χ2v) is 11.6. The minimum atomic E-state index is -4.39. The first kappa shape index (κ1) is 28.9. The van der Waals surface area contributed by atoms with E-state index in [1.54, 1.807) is 6.07 Å². The number of rotatable bonds is 8. The first-order valence-electron chi connectivity index (χ1n) is 13.3. The highest BCUT2D eigenvalue weighted by Gasteiger charge is 2.30. The van der Waals surface area contributed by atoms with E-state index >= 15 is 0 Å². The lowest BCUT2D eigenvalue weighted by Gasteiger charge is -2.33. The lowest BCUT2D eigenvalue weighted by molar-refractivity contribution is -0.132. The average Bonchev–Trinajstić information content (AvgIpc) is 3.12. The van der Waals surface area contributed by atoms with Gasteiger partial charge in [0.2, 0.25) is 5.91 Å². The normalized spacial score (nSPS) is 17.9. The van der Waals surface area contributed by atoms with Crippen molar-refractivity contribution >= 4 is 40.6 Å². The van der Waals surface area contributed by atoms with Crippen LogP contribution >= 0.6 is 23.4 Å². The molecule has 0 unspecified atom stereocenters. The molecule has 2 heterocycles. The van der Waals surface area contributed by atoms with Crippen LogP contribution in [0.1, 0.15) is 37.7 Å². The molecule has 4 rings (SSSR count). The van der Waals surface area contributed by atoms with E-state index in [1.165, 1.54) is 23.4 Å². The second kappa shape index (κ2) is 13.3. The molecular formula is C28H36ClF3N4OS. The van der Waals surface area contributed by atoms with Crippen molar-refractivity contribution in [1.82, 2.24) is 9.80 Å². The number of amides is 1. The zero-order chi connectivity index (χ0) is 27.1. The molecule has 0 aromatic heterocycles. The summed E-state index contributed by atoms with van der Waals surface area (Å²) in [6.07, 6.45) is 4.04. The zero-order valence-electron chi connectivity index (χ0n) is 21.8. The van der Waals surface area contributed by atoms with E-state index in [4.69, 9.17) is 11.6 Å². The first-order valence-corrected chi connectivity index (χ1v) is 14.5. The third-order valence-electron chi connectivity index (χ3n) is 7.23. The SMILES string of the molecule is Cc1ccc(N2CCCN(CCCC(=O)N3CCC(Nc4ccc(Cl)c(SC(F)(F)F)c4)CC3)CC2)cc1. The summed E-state index contributed by atoms with van der Waals surface area (Å²) in [5.41, 5.74) is -1.22. The van der Waals surface area contributed by atoms with Gasteiger partial charge in [0, 0.05) is 61.5 Å². The lowest BCUT2D eigenvalue weighted by Crippen LogP contribution is -2.42. The van der Waals surface area contributed by atoms with E-state index in [-0.39, 0.29) is 33.6 Å². The molecule has 2 fully saturated rings. The fourth-order valence-electron chi connectivity index (χ4n) is 5.13. The number of likely N-dealkylation sites (tertiary alicyclic amines) is 1. The van der Waals surface area contributed by atoms with Crippen molar-refractivity contribution in [3.05, 3.63) is 53.1 Å². The third-order valence-corrected chi connectivity index (χ3v) is 8.46. The highest BCUT2D eigenvalue weighted by molar-refractivity contribution is 8.00. The Morgan fingerprint density at radius 1 is 1.03 bits per heavy atom. The van der Waals surface area contributed by atoms with E-state index in [9.17, 15) is 18.0 Å². The number of nitrogens with one attached hydrogen (secondary N) is 1. The Morgan fingerprint density at radius 3 is 2.47 bits per heavy atom. The van der Waals surface area contributed by atoms with Gasteiger partial charge in [0.1, 0.15) is 0 Å². The predicted molar refractivity (Wildman–Crippen MR) is 150 cm³/mol. The summed E-state index contributed by atoms with van der Waals surface area (Å²) < 4.78 is 38.3. The maximum absolute atomic E-state index is 12.8. The van der Waals surface area contributed by atoms with Crippen LogP contribution in [0.3, 0.4) is 0 Å². The Morgan fingerprint density at radius 2 is 1.76 bits per heavy atom. The molecule has 1 N–H and O–H groups in total. The Kier molecular flexibility index (Phi) is 10.1. The van der Waals surface area contributed by atoms with Crippen LogP contribution in [0, 0.1) is 6.92 Å². The Balaban J connectivity index is 1.16. The van der Waals surface area contributed by atoms with Gasteiger partial charge in [0.15, 0.2) is 0 Å². The number of benzene rings is 2. The molecule has 0 atom stereocenters. The minimum Gasteiger partial charge on any atom is -0.382 e. The number of piperidine rings is 1. The number of carbonyl (C=O) groups excluding carboxylic acids is 1. The van der Waals surface area contributed by atoms with Crippen LogP contribution in [0.25, 0.3) is 0 Å². The fourth-order valence-corrected chi connectivity index (χ4v) is 5.96. The van der Waals surface area contributed by atoms with E-state index in [0.717, 1.165) is 58.4 Å². The van der Waals surface area contributed by atoms with Crippen molar-refractivity contribution in [2.75, 3.05) is 56.0 Å². The van der Waals surface area contributed by atoms with Gasteiger partial charge < -0.3 is 20.0 Å². The minimum absolute atomic E-state index is 0.0101. The number of hydrogen-bond acceptors (Lipinski definition) is 5. The van der Waals surface area contributed by atoms with E-state index in [1.807, 2.05) is 4.90 Å². The molecule has 2 aromatic carbocycles. The average molecular weight is 569 g/mol. The number of halogens is 4. The number of alkyl halides is 3. The summed E-state index contributed by atoms with van der Waals surface area (Å²) in [5.74, 6) is 0.190. The van der Waals surface area contributed by atoms with Crippen LogP contribution in [-0.2, 0) is 4.79 Å². The molecular weight excluding hydrogens is 533 g/mol. The fraction of sp³-hybridized carbons (Fsp3) is 0.536. The van der Waals surface area contributed by atoms with E-state index in [2.05, 4.69) is 46.3 Å². The van der Waals surface area contributed by atoms with Gasteiger partial charge >= 0.3 is 5.51 Å². The van der Waals surface area contributed by atoms with Gasteiger partial charge in [-0.15, -0.1) is 0 Å². The van der Waals surface area contributed by atoms with Crippen LogP contribution in [0.2, 0.25) is 5.02 Å². The summed E-state index contributed by atoms with van der Waals surface area (Å²) in [5, 5.41) is 3.40. The van der Waals surface area contributed by atoms with Crippen LogP contribution in [-0.4, -0.2) is 73.1 Å². The van der Waals surface area contributed by atoms with Crippen molar-refractivity contribution in [2.24, 2.45) is 0 Å². The molecule has 2 aromatic rings. The van der Waals surface area contributed by atoms with Gasteiger partial charge in [0.25, 0.3) is 0 Å². The summed E-state index contributed by atoms with van der Waals surface area (Å²) >= 11 is 5.73. The molecule has 0 bridgehead atoms. The van der Waals surface area contributed by atoms with Crippen molar-refractivity contribution < 1.29 is 18.0 Å². The molecule has 2 aliphatic heterocycles. The number of anilines is 2. The Hall–Kier alpha value is -2.10. The third kappa shape index (κ3) is 8.71. The van der Waals surface area contributed by atoms with Gasteiger partial charge in [-0.25, -0.2) is 0 Å². The quantitative estimate of drug-likeness (QED) is 0.361. The highest BCUT2D eigenvalue weighted by Crippen LogP contribution is 2.41. The predicted octanol–water partition coefficient (Wildman–Crippen LogP) is 6.66. The van der Waals surface area contributed by atoms with Crippen molar-refractivity contribution in [3.8, 4) is 0 Å². The van der Waals surface area contributed by atoms with Crippen LogP contribution < -0.4 is 10.2 Å². The Bertz CT molecular complexity index is 1060. The Labute approximate surface area is 232 Å². The largest absolute Gasteiger partial charge is 0.446 e. The number of aryl methyl sites for hydroxylation is 1. The van der Waals surface area contributed by atoms with Gasteiger partial charge in [-0.1, -0.05) is 29.3 Å². The molecule has 5 nitrogen and oxygen atoms in total. The van der Waals surface area contributed by atoms with Gasteiger partial charge in [-0.3, -0.25) is 4.79 Å². The molecule has 0 saturated carbocycles. The van der Waals surface area contributed by atoms with Gasteiger partial charge in [0.05, 0.1) is 5.02 Å². The van der Waals surface area contributed by atoms with E-state index < -0.39 is 5.51 Å². The topological polar surface area (TPSA) is 38.8 Å². The summed E-state index contributed by atoms with van der Waals surface area (Å²) in [7, 11) is 0. The van der Waals surface area contributed by atoms with Crippen molar-refractivity contribution in [1.29, 1.82) is 0 Å². The van der Waals surface area contributed by atoms with Crippen LogP contribution in [0.4, 0.5) is 24.5 Å². The molecule has 208 valence electrons. The zero-order valence-corrected chi connectivity index (χ0v) is 23.3. The summed E-state index contributed by atoms with van der Waals surface area (Å²) in [6.45, 7) is 8.47. The molecule has 2 aliphatic rings. The molecule has 1 amide bonds. The lowest BCUT2D eigenvalue weighted by atomic mass is 10.0. The molecule has 10 heteroatoms. The number of thioether (sulfide) groups is 1. The summed E-state index contributed by atoms with van der Waals surface area (Å²) in [6, 6.07) is 13.5. The second-order valence-electron chi connectivity index (χ2n) is 10.1. The standard InChI is InChI=1S/C28H36ClF3N4OS/c1-21-5-8-24(9-6-21)35-15-3-14-34(18-19-35)13-2-4-27(37)36-16-11-22(12-17-36)33-23-7-10-25(29)26(20-23)38-28(30,31)32/h5-10,20,22,33H,2-4,11-19H2,1H3. The van der Waals surface area contributed by atoms with Gasteiger partial charge in [-0.05, 0) is 87.8 Å². The molecule has 2 saturated heterocycles. The molecule has 0 aliphatic carbocycles. The van der Waals surface area contributed by atoms with Crippen molar-refractivity contribution in [3.63, 3.8) is 0 Å². The molecule has 0 spiro atoms. The van der Waals surface area contributed by atoms with E-state index in [0.29, 0.717) is 25.2 Å².